The Morgan fingerprint density at radius 2 is 2.38 bits per heavy atom. The number of carbonyl (C=O) groups is 1. The highest BCUT2D eigenvalue weighted by atomic mass is 32.1. The molecule has 0 spiro atoms. The van der Waals surface area contributed by atoms with Gasteiger partial charge in [0, 0.05) is 25.2 Å². The standard InChI is InChI=1S/C15H21N3O2S/c1-11-16-14(15-17(11)8-10-21-15)12-5-3-4-7-18(12)13(19)6-9-20-2/h8,10,12H,3-7,9H2,1-2H3/t12-/m0/s1. The van der Waals surface area contributed by atoms with E-state index in [0.29, 0.717) is 13.0 Å². The van der Waals surface area contributed by atoms with Gasteiger partial charge in [-0.3, -0.25) is 9.20 Å². The van der Waals surface area contributed by atoms with Gasteiger partial charge in [0.25, 0.3) is 0 Å². The number of nitrogens with zero attached hydrogens (tertiary/aromatic N) is 3. The van der Waals surface area contributed by atoms with Crippen LogP contribution < -0.4 is 0 Å². The molecule has 0 aliphatic carbocycles. The average Bonchev–Trinajstić information content (AvgIpc) is 3.09. The molecule has 0 aromatic carbocycles. The number of carbonyl (C=O) groups excluding carboxylic acids is 1. The first-order valence-electron chi connectivity index (χ1n) is 7.43. The first-order chi connectivity index (χ1) is 10.2. The molecule has 1 saturated heterocycles. The third-order valence-electron chi connectivity index (χ3n) is 4.12. The number of aromatic nitrogens is 2. The van der Waals surface area contributed by atoms with Gasteiger partial charge in [-0.2, -0.15) is 0 Å². The Labute approximate surface area is 128 Å². The smallest absolute Gasteiger partial charge is 0.225 e. The van der Waals surface area contributed by atoms with Crippen LogP contribution >= 0.6 is 11.3 Å². The summed E-state index contributed by atoms with van der Waals surface area (Å²) < 4.78 is 7.16. The van der Waals surface area contributed by atoms with Gasteiger partial charge in [0.1, 0.15) is 10.7 Å². The predicted molar refractivity (Wildman–Crippen MR) is 82.6 cm³/mol. The van der Waals surface area contributed by atoms with Gasteiger partial charge in [-0.1, -0.05) is 0 Å². The lowest BCUT2D eigenvalue weighted by atomic mass is 9.99. The van der Waals surface area contributed by atoms with Gasteiger partial charge in [0.05, 0.1) is 24.8 Å². The molecule has 0 radical (unpaired) electrons. The fraction of sp³-hybridized carbons (Fsp3) is 0.600. The lowest BCUT2D eigenvalue weighted by Crippen LogP contribution is -2.39. The maximum Gasteiger partial charge on any atom is 0.225 e. The summed E-state index contributed by atoms with van der Waals surface area (Å²) in [6.07, 6.45) is 5.74. The van der Waals surface area contributed by atoms with Gasteiger partial charge >= 0.3 is 0 Å². The predicted octanol–water partition coefficient (Wildman–Crippen LogP) is 2.79. The van der Waals surface area contributed by atoms with Crippen molar-refractivity contribution in [1.29, 1.82) is 0 Å². The minimum absolute atomic E-state index is 0.116. The number of ether oxygens (including phenoxy) is 1. The zero-order valence-electron chi connectivity index (χ0n) is 12.5. The van der Waals surface area contributed by atoms with Crippen LogP contribution in [0.5, 0.6) is 0 Å². The molecule has 5 nitrogen and oxygen atoms in total. The number of imidazole rings is 1. The van der Waals surface area contributed by atoms with Crippen molar-refractivity contribution in [2.75, 3.05) is 20.3 Å². The van der Waals surface area contributed by atoms with E-state index in [1.807, 2.05) is 18.0 Å². The molecule has 21 heavy (non-hydrogen) atoms. The number of fused-ring (bicyclic) bond motifs is 1. The quantitative estimate of drug-likeness (QED) is 0.872. The van der Waals surface area contributed by atoms with Crippen molar-refractivity contribution >= 4 is 22.1 Å². The van der Waals surface area contributed by atoms with Crippen molar-refractivity contribution in [3.05, 3.63) is 23.1 Å². The first kappa shape index (κ1) is 14.5. The Balaban J connectivity index is 1.90. The second kappa shape index (κ2) is 6.15. The highest BCUT2D eigenvalue weighted by Crippen LogP contribution is 2.35. The van der Waals surface area contributed by atoms with E-state index in [9.17, 15) is 4.79 Å². The zero-order valence-corrected chi connectivity index (χ0v) is 13.4. The van der Waals surface area contributed by atoms with E-state index in [1.54, 1.807) is 18.4 Å². The van der Waals surface area contributed by atoms with Crippen molar-refractivity contribution in [1.82, 2.24) is 14.3 Å². The SMILES string of the molecule is COCCC(=O)N1CCCC[C@H]1c1nc(C)n2ccsc12. The molecule has 1 atom stereocenters. The zero-order chi connectivity index (χ0) is 14.8. The van der Waals surface area contributed by atoms with E-state index >= 15 is 0 Å². The molecule has 0 unspecified atom stereocenters. The number of likely N-dealkylation sites (tertiary alicyclic amines) is 1. The van der Waals surface area contributed by atoms with Gasteiger partial charge < -0.3 is 9.64 Å². The summed E-state index contributed by atoms with van der Waals surface area (Å²) in [5.41, 5.74) is 1.06. The van der Waals surface area contributed by atoms with E-state index < -0.39 is 0 Å². The number of rotatable bonds is 4. The summed E-state index contributed by atoms with van der Waals surface area (Å²) in [6.45, 7) is 3.33. The Bertz CT molecular complexity index is 634. The molecular weight excluding hydrogens is 286 g/mol. The van der Waals surface area contributed by atoms with Gasteiger partial charge in [-0.25, -0.2) is 4.98 Å². The van der Waals surface area contributed by atoms with E-state index in [2.05, 4.69) is 9.78 Å². The van der Waals surface area contributed by atoms with Crippen LogP contribution in [0.3, 0.4) is 0 Å². The summed E-state index contributed by atoms with van der Waals surface area (Å²) >= 11 is 1.70. The fourth-order valence-electron chi connectivity index (χ4n) is 3.06. The minimum atomic E-state index is 0.116. The number of hydrogen-bond donors (Lipinski definition) is 0. The maximum absolute atomic E-state index is 12.4. The third kappa shape index (κ3) is 2.70. The molecule has 3 heterocycles. The number of methoxy groups -OCH3 is 1. The molecule has 1 aliphatic rings. The highest BCUT2D eigenvalue weighted by molar-refractivity contribution is 7.15. The highest BCUT2D eigenvalue weighted by Gasteiger charge is 2.31. The van der Waals surface area contributed by atoms with Crippen LogP contribution in [0.15, 0.2) is 11.6 Å². The molecule has 3 rings (SSSR count). The van der Waals surface area contributed by atoms with Gasteiger partial charge in [0.2, 0.25) is 5.91 Å². The monoisotopic (exact) mass is 307 g/mol. The molecule has 0 bridgehead atoms. The van der Waals surface area contributed by atoms with Crippen molar-refractivity contribution in [3.63, 3.8) is 0 Å². The molecule has 0 N–H and O–H groups in total. The second-order valence-corrected chi connectivity index (χ2v) is 6.36. The molecule has 0 saturated carbocycles. The molecule has 6 heteroatoms. The van der Waals surface area contributed by atoms with Gasteiger partial charge in [0.15, 0.2) is 0 Å². The van der Waals surface area contributed by atoms with Crippen LogP contribution in [0.4, 0.5) is 0 Å². The van der Waals surface area contributed by atoms with E-state index in [-0.39, 0.29) is 11.9 Å². The molecule has 114 valence electrons. The number of aryl methyl sites for hydroxylation is 1. The largest absolute Gasteiger partial charge is 0.384 e. The van der Waals surface area contributed by atoms with E-state index in [4.69, 9.17) is 9.72 Å². The Morgan fingerprint density at radius 1 is 1.52 bits per heavy atom. The van der Waals surface area contributed by atoms with Crippen LogP contribution in [0, 0.1) is 6.92 Å². The number of hydrogen-bond acceptors (Lipinski definition) is 4. The van der Waals surface area contributed by atoms with Crippen molar-refractivity contribution in [2.24, 2.45) is 0 Å². The van der Waals surface area contributed by atoms with Crippen molar-refractivity contribution < 1.29 is 9.53 Å². The summed E-state index contributed by atoms with van der Waals surface area (Å²) in [5, 5.41) is 2.08. The number of amides is 1. The number of piperidine rings is 1. The summed E-state index contributed by atoms with van der Waals surface area (Å²) in [4.78, 5) is 20.3. The molecule has 2 aromatic rings. The molecule has 1 aliphatic heterocycles. The van der Waals surface area contributed by atoms with E-state index in [0.717, 1.165) is 37.3 Å². The summed E-state index contributed by atoms with van der Waals surface area (Å²) in [7, 11) is 1.63. The maximum atomic E-state index is 12.4. The van der Waals surface area contributed by atoms with E-state index in [1.165, 1.54) is 4.83 Å². The average molecular weight is 307 g/mol. The van der Waals surface area contributed by atoms with Crippen LogP contribution in [-0.4, -0.2) is 40.5 Å². The Morgan fingerprint density at radius 3 is 3.19 bits per heavy atom. The second-order valence-electron chi connectivity index (χ2n) is 5.46. The summed E-state index contributed by atoms with van der Waals surface area (Å²) in [5.74, 6) is 1.17. The lowest BCUT2D eigenvalue weighted by molar-refractivity contribution is -0.136. The van der Waals surface area contributed by atoms with Gasteiger partial charge in [-0.05, 0) is 26.2 Å². The van der Waals surface area contributed by atoms with Crippen LogP contribution in [0.1, 0.15) is 43.2 Å². The minimum Gasteiger partial charge on any atom is -0.384 e. The normalized spacial score (nSPS) is 19.3. The van der Waals surface area contributed by atoms with Crippen LogP contribution in [0.25, 0.3) is 4.83 Å². The molecule has 2 aromatic heterocycles. The fourth-order valence-corrected chi connectivity index (χ4v) is 3.98. The Kier molecular flexibility index (Phi) is 4.26. The topological polar surface area (TPSA) is 46.8 Å². The number of thiazole rings is 1. The lowest BCUT2D eigenvalue weighted by Gasteiger charge is -2.35. The van der Waals surface area contributed by atoms with Crippen LogP contribution in [-0.2, 0) is 9.53 Å². The van der Waals surface area contributed by atoms with Crippen molar-refractivity contribution in [3.8, 4) is 0 Å². The first-order valence-corrected chi connectivity index (χ1v) is 8.30. The van der Waals surface area contributed by atoms with Crippen molar-refractivity contribution in [2.45, 2.75) is 38.6 Å². The van der Waals surface area contributed by atoms with Crippen LogP contribution in [0.2, 0.25) is 0 Å². The van der Waals surface area contributed by atoms with Gasteiger partial charge in [-0.15, -0.1) is 11.3 Å². The third-order valence-corrected chi connectivity index (χ3v) is 5.00. The Hall–Kier alpha value is -1.40. The summed E-state index contributed by atoms with van der Waals surface area (Å²) in [6, 6.07) is 0.116. The molecule has 1 amide bonds. The molecular formula is C15H21N3O2S. The molecule has 1 fully saturated rings.